The molecule has 3 N–H and O–H groups in total. The summed E-state index contributed by atoms with van der Waals surface area (Å²) in [6.45, 7) is 3.80. The minimum Gasteiger partial charge on any atom is -0.494 e. The van der Waals surface area contributed by atoms with Crippen LogP contribution >= 0.6 is 23.8 Å². The molecule has 0 atom stereocenters. The van der Waals surface area contributed by atoms with Crippen molar-refractivity contribution < 1.29 is 15.0 Å². The highest BCUT2D eigenvalue weighted by Gasteiger charge is 2.17. The van der Waals surface area contributed by atoms with Crippen LogP contribution in [0.3, 0.4) is 0 Å². The topological polar surface area (TPSA) is 99.2 Å². The molecule has 0 bridgehead atoms. The molecule has 1 amide bonds. The second-order valence-electron chi connectivity index (χ2n) is 5.75. The minimum atomic E-state index is -0.646. The van der Waals surface area contributed by atoms with Crippen molar-refractivity contribution in [1.82, 2.24) is 4.57 Å². The summed E-state index contributed by atoms with van der Waals surface area (Å²) in [6.07, 6.45) is 1.53. The fourth-order valence-corrected chi connectivity index (χ4v) is 2.96. The van der Waals surface area contributed by atoms with E-state index in [0.29, 0.717) is 21.5 Å². The number of benzene rings is 2. The van der Waals surface area contributed by atoms with Crippen LogP contribution in [0.1, 0.15) is 10.4 Å². The fourth-order valence-electron chi connectivity index (χ4n) is 2.61. The predicted octanol–water partition coefficient (Wildman–Crippen LogP) is 4.88. The maximum atomic E-state index is 12.3. The van der Waals surface area contributed by atoms with Crippen molar-refractivity contribution in [1.29, 1.82) is 0 Å². The summed E-state index contributed by atoms with van der Waals surface area (Å²) < 4.78 is 1.28. The van der Waals surface area contributed by atoms with E-state index in [9.17, 15) is 15.0 Å². The van der Waals surface area contributed by atoms with Gasteiger partial charge in [0.05, 0.1) is 0 Å². The first-order chi connectivity index (χ1) is 13.4. The molecule has 3 aromatic rings. The van der Waals surface area contributed by atoms with Gasteiger partial charge in [0.1, 0.15) is 0 Å². The van der Waals surface area contributed by atoms with Gasteiger partial charge in [-0.1, -0.05) is 23.7 Å². The van der Waals surface area contributed by atoms with Gasteiger partial charge < -0.3 is 15.5 Å². The van der Waals surface area contributed by atoms with E-state index in [1.54, 1.807) is 24.3 Å². The normalized spacial score (nSPS) is 11.0. The second-order valence-corrected chi connectivity index (χ2v) is 6.58. The van der Waals surface area contributed by atoms with Crippen molar-refractivity contribution in [2.75, 3.05) is 5.32 Å². The average Bonchev–Trinajstić information content (AvgIpc) is 2.91. The summed E-state index contributed by atoms with van der Waals surface area (Å²) in [5.41, 5.74) is 0.808. The second kappa shape index (κ2) is 8.20. The Balaban J connectivity index is 1.79. The molecule has 0 saturated heterocycles. The number of aromatic nitrogens is 1. The van der Waals surface area contributed by atoms with Gasteiger partial charge in [-0.2, -0.15) is 0 Å². The van der Waals surface area contributed by atoms with Crippen molar-refractivity contribution in [3.05, 3.63) is 65.7 Å². The number of halogens is 1. The molecule has 3 rings (SSSR count). The van der Waals surface area contributed by atoms with Crippen molar-refractivity contribution in [3.8, 4) is 11.8 Å². The number of hydrogen-bond acceptors (Lipinski definition) is 4. The van der Waals surface area contributed by atoms with Crippen LogP contribution in [0.4, 0.5) is 5.69 Å². The summed E-state index contributed by atoms with van der Waals surface area (Å²) in [5, 5.41) is 31.8. The number of rotatable bonds is 4. The van der Waals surface area contributed by atoms with Gasteiger partial charge in [-0.15, -0.1) is 16.8 Å². The Morgan fingerprint density at radius 2 is 1.93 bits per heavy atom. The van der Waals surface area contributed by atoms with Crippen molar-refractivity contribution in [2.45, 2.75) is 6.54 Å². The van der Waals surface area contributed by atoms with Crippen LogP contribution in [0.2, 0.25) is 5.02 Å². The Kier molecular flexibility index (Phi) is 5.72. The van der Waals surface area contributed by atoms with Crippen LogP contribution < -0.4 is 5.32 Å². The monoisotopic (exact) mass is 414 g/mol. The third kappa shape index (κ3) is 4.03. The van der Waals surface area contributed by atoms with Gasteiger partial charge in [-0.3, -0.25) is 9.36 Å². The van der Waals surface area contributed by atoms with Crippen LogP contribution in [0.5, 0.6) is 11.8 Å². The summed E-state index contributed by atoms with van der Waals surface area (Å²) in [5.74, 6) is -0.926. The Labute approximate surface area is 170 Å². The van der Waals surface area contributed by atoms with E-state index in [0.717, 1.165) is 0 Å². The largest absolute Gasteiger partial charge is 0.494 e. The van der Waals surface area contributed by atoms with E-state index in [2.05, 4.69) is 22.1 Å². The number of azo groups is 1. The quantitative estimate of drug-likeness (QED) is 0.321. The van der Waals surface area contributed by atoms with E-state index in [1.165, 1.54) is 28.8 Å². The first kappa shape index (κ1) is 19.5. The third-order valence-corrected chi connectivity index (χ3v) is 4.30. The summed E-state index contributed by atoms with van der Waals surface area (Å²) >= 11 is 10.9. The van der Waals surface area contributed by atoms with Crippen molar-refractivity contribution >= 4 is 51.3 Å². The fraction of sp³-hybridized carbons (Fsp3) is 0.0526. The molecule has 28 heavy (non-hydrogen) atoms. The summed E-state index contributed by atoms with van der Waals surface area (Å²) in [7, 11) is 0. The number of fused-ring (bicyclic) bond motifs is 1. The number of anilines is 1. The number of nitrogens with zero attached hydrogens (tertiary/aromatic N) is 3. The van der Waals surface area contributed by atoms with Gasteiger partial charge in [-0.05, 0) is 48.6 Å². The zero-order valence-electron chi connectivity index (χ0n) is 14.5. The molecule has 0 unspecified atom stereocenters. The van der Waals surface area contributed by atoms with Gasteiger partial charge in [0.2, 0.25) is 16.9 Å². The lowest BCUT2D eigenvalue weighted by atomic mass is 10.1. The minimum absolute atomic E-state index is 0.00526. The van der Waals surface area contributed by atoms with Gasteiger partial charge in [-0.25, -0.2) is 0 Å². The van der Waals surface area contributed by atoms with E-state index < -0.39 is 5.91 Å². The van der Waals surface area contributed by atoms with Crippen LogP contribution in [0.15, 0.2) is 65.3 Å². The van der Waals surface area contributed by atoms with E-state index in [4.69, 9.17) is 23.8 Å². The maximum Gasteiger partial charge on any atom is 0.295 e. The zero-order valence-corrected chi connectivity index (χ0v) is 16.0. The lowest BCUT2D eigenvalue weighted by Gasteiger charge is -2.02. The molecule has 0 fully saturated rings. The van der Waals surface area contributed by atoms with Crippen LogP contribution in [0, 0.1) is 0 Å². The van der Waals surface area contributed by atoms with Crippen molar-refractivity contribution in [3.63, 3.8) is 0 Å². The lowest BCUT2D eigenvalue weighted by molar-refractivity contribution is 0.0995. The third-order valence-electron chi connectivity index (χ3n) is 3.88. The average molecular weight is 415 g/mol. The summed E-state index contributed by atoms with van der Waals surface area (Å²) in [4.78, 5) is 12.3. The van der Waals surface area contributed by atoms with Gasteiger partial charge in [0.15, 0.2) is 0 Å². The van der Waals surface area contributed by atoms with E-state index in [1.807, 2.05) is 0 Å². The Hall–Kier alpha value is -3.23. The first-order valence-corrected chi connectivity index (χ1v) is 8.87. The van der Waals surface area contributed by atoms with Crippen molar-refractivity contribution in [2.24, 2.45) is 10.2 Å². The molecule has 0 aliphatic rings. The summed E-state index contributed by atoms with van der Waals surface area (Å²) in [6, 6.07) is 11.3. The molecule has 0 aliphatic heterocycles. The maximum absolute atomic E-state index is 12.3. The zero-order chi connectivity index (χ0) is 20.3. The van der Waals surface area contributed by atoms with Crippen LogP contribution in [-0.4, -0.2) is 25.8 Å². The first-order valence-electron chi connectivity index (χ1n) is 8.08. The number of carbonyl (C=O) groups is 1. The predicted molar refractivity (Wildman–Crippen MR) is 112 cm³/mol. The van der Waals surface area contributed by atoms with Crippen LogP contribution in [0.25, 0.3) is 10.8 Å². The number of nitrogens with one attached hydrogen (secondary N) is 1. The molecule has 142 valence electrons. The SMILES string of the molecule is C=CCn1c(O)c2ccc(C(=O)N=NC(=S)Nc3cccc(Cl)c3)cc2c1O. The van der Waals surface area contributed by atoms with E-state index in [-0.39, 0.29) is 29.0 Å². The Morgan fingerprint density at radius 3 is 2.64 bits per heavy atom. The number of aromatic hydroxyl groups is 2. The van der Waals surface area contributed by atoms with Gasteiger partial charge >= 0.3 is 0 Å². The lowest BCUT2D eigenvalue weighted by Crippen LogP contribution is -2.06. The Morgan fingerprint density at radius 1 is 1.18 bits per heavy atom. The molecule has 0 saturated carbocycles. The molecule has 0 radical (unpaired) electrons. The molecular formula is C19H15ClN4O3S. The highest BCUT2D eigenvalue weighted by molar-refractivity contribution is 7.80. The number of amides is 1. The number of hydrogen-bond donors (Lipinski definition) is 3. The van der Waals surface area contributed by atoms with Gasteiger partial charge in [0, 0.05) is 33.6 Å². The molecule has 1 aromatic heterocycles. The molecule has 7 nitrogen and oxygen atoms in total. The number of carbonyl (C=O) groups excluding carboxylic acids is 1. The van der Waals surface area contributed by atoms with Gasteiger partial charge in [0.25, 0.3) is 5.91 Å². The number of allylic oxidation sites excluding steroid dienone is 1. The smallest absolute Gasteiger partial charge is 0.295 e. The van der Waals surface area contributed by atoms with Crippen LogP contribution in [-0.2, 0) is 6.54 Å². The molecular weight excluding hydrogens is 400 g/mol. The van der Waals surface area contributed by atoms with E-state index >= 15 is 0 Å². The molecule has 2 aromatic carbocycles. The highest BCUT2D eigenvalue weighted by Crippen LogP contribution is 2.36. The Bertz CT molecular complexity index is 1120. The molecule has 0 aliphatic carbocycles. The standard InChI is InChI=1S/C19H15ClN4O3S/c1-2-8-24-17(26)14-7-6-11(9-15(14)18(24)27)16(25)22-23-19(28)21-13-5-3-4-12(20)10-13/h2-7,9-10,26-27H,1,8H2,(H,21,28). The molecule has 0 spiro atoms. The molecule has 9 heteroatoms. The molecule has 1 heterocycles. The number of thiocarbonyl (C=S) groups is 1. The highest BCUT2D eigenvalue weighted by atomic mass is 35.5.